The van der Waals surface area contributed by atoms with Crippen molar-refractivity contribution in [2.45, 2.75) is 27.2 Å². The summed E-state index contributed by atoms with van der Waals surface area (Å²) in [5.74, 6) is 1.27. The first kappa shape index (κ1) is 15.7. The highest BCUT2D eigenvalue weighted by atomic mass is 16.2. The van der Waals surface area contributed by atoms with E-state index in [0.29, 0.717) is 29.6 Å². The van der Waals surface area contributed by atoms with Crippen molar-refractivity contribution in [1.82, 2.24) is 4.90 Å². The first-order valence-electron chi connectivity index (χ1n) is 7.57. The van der Waals surface area contributed by atoms with E-state index >= 15 is 0 Å². The lowest BCUT2D eigenvalue weighted by Gasteiger charge is -2.34. The van der Waals surface area contributed by atoms with Crippen LogP contribution in [0, 0.1) is 11.8 Å². The van der Waals surface area contributed by atoms with Crippen molar-refractivity contribution in [3.05, 3.63) is 29.8 Å². The number of nitrogens with one attached hydrogen (secondary N) is 1. The van der Waals surface area contributed by atoms with E-state index in [-0.39, 0.29) is 11.7 Å². The van der Waals surface area contributed by atoms with Crippen LogP contribution in [0.4, 0.5) is 5.69 Å². The molecular weight excluding hydrogens is 264 g/mol. The highest BCUT2D eigenvalue weighted by Crippen LogP contribution is 2.20. The number of hydrogen-bond acceptors (Lipinski definition) is 3. The van der Waals surface area contributed by atoms with Crippen LogP contribution in [0.2, 0.25) is 0 Å². The molecule has 0 aromatic heterocycles. The van der Waals surface area contributed by atoms with Gasteiger partial charge in [0.05, 0.1) is 6.54 Å². The van der Waals surface area contributed by atoms with Crippen LogP contribution >= 0.6 is 0 Å². The molecular formula is C17H24N2O2. The smallest absolute Gasteiger partial charge is 0.238 e. The quantitative estimate of drug-likeness (QED) is 0.867. The molecule has 0 aliphatic carbocycles. The average molecular weight is 288 g/mol. The molecule has 1 saturated heterocycles. The lowest BCUT2D eigenvalue weighted by molar-refractivity contribution is -0.117. The molecule has 4 heteroatoms. The Morgan fingerprint density at radius 3 is 2.52 bits per heavy atom. The molecule has 21 heavy (non-hydrogen) atoms. The van der Waals surface area contributed by atoms with Crippen LogP contribution in [-0.4, -0.2) is 36.2 Å². The standard InChI is InChI=1S/C17H24N2O2/c1-12-7-13(2)10-19(9-12)11-17(21)18-16-6-4-5-15(8-16)14(3)20/h4-6,8,12-13H,7,9-11H2,1-3H3,(H,18,21)/t12-,13-/m0/s1. The summed E-state index contributed by atoms with van der Waals surface area (Å²) in [6, 6.07) is 7.08. The Bertz CT molecular complexity index is 517. The van der Waals surface area contributed by atoms with Gasteiger partial charge in [0.2, 0.25) is 5.91 Å². The molecule has 1 fully saturated rings. The number of anilines is 1. The second-order valence-corrected chi connectivity index (χ2v) is 6.33. The summed E-state index contributed by atoms with van der Waals surface area (Å²) in [5, 5.41) is 2.88. The molecule has 1 amide bonds. The van der Waals surface area contributed by atoms with Crippen LogP contribution < -0.4 is 5.32 Å². The second kappa shape index (κ2) is 6.85. The van der Waals surface area contributed by atoms with Gasteiger partial charge in [0.15, 0.2) is 5.78 Å². The van der Waals surface area contributed by atoms with Gasteiger partial charge in [-0.1, -0.05) is 26.0 Å². The molecule has 2 atom stereocenters. The van der Waals surface area contributed by atoms with Crippen LogP contribution in [0.25, 0.3) is 0 Å². The predicted molar refractivity (Wildman–Crippen MR) is 84.5 cm³/mol. The highest BCUT2D eigenvalue weighted by Gasteiger charge is 2.23. The van der Waals surface area contributed by atoms with Gasteiger partial charge in [-0.2, -0.15) is 0 Å². The Labute approximate surface area is 126 Å². The van der Waals surface area contributed by atoms with Crippen LogP contribution in [0.5, 0.6) is 0 Å². The topological polar surface area (TPSA) is 49.4 Å². The van der Waals surface area contributed by atoms with E-state index in [1.807, 2.05) is 6.07 Å². The molecule has 1 aliphatic heterocycles. The van der Waals surface area contributed by atoms with Crippen LogP contribution in [0.3, 0.4) is 0 Å². The molecule has 1 aliphatic rings. The minimum absolute atomic E-state index is 0.00443. The Hall–Kier alpha value is -1.68. The summed E-state index contributed by atoms with van der Waals surface area (Å²) in [4.78, 5) is 25.7. The first-order chi connectivity index (χ1) is 9.94. The second-order valence-electron chi connectivity index (χ2n) is 6.33. The molecule has 0 saturated carbocycles. The maximum absolute atomic E-state index is 12.1. The number of likely N-dealkylation sites (tertiary alicyclic amines) is 1. The number of Topliss-reactive ketones (excluding diaryl/α,β-unsaturated/α-hetero) is 1. The molecule has 114 valence electrons. The van der Waals surface area contributed by atoms with Crippen LogP contribution in [0.1, 0.15) is 37.6 Å². The van der Waals surface area contributed by atoms with Crippen LogP contribution in [-0.2, 0) is 4.79 Å². The first-order valence-corrected chi connectivity index (χ1v) is 7.57. The number of carbonyl (C=O) groups excluding carboxylic acids is 2. The van der Waals surface area contributed by atoms with Crippen molar-refractivity contribution in [2.24, 2.45) is 11.8 Å². The summed E-state index contributed by atoms with van der Waals surface area (Å²) in [7, 11) is 0. The third-order valence-corrected chi connectivity index (χ3v) is 3.86. The summed E-state index contributed by atoms with van der Waals surface area (Å²) in [5.41, 5.74) is 1.30. The molecule has 1 N–H and O–H groups in total. The van der Waals surface area contributed by atoms with Crippen LogP contribution in [0.15, 0.2) is 24.3 Å². The number of amides is 1. The summed E-state index contributed by atoms with van der Waals surface area (Å²) < 4.78 is 0. The lowest BCUT2D eigenvalue weighted by Crippen LogP contribution is -2.42. The minimum atomic E-state index is -0.0167. The van der Waals surface area contributed by atoms with Crippen molar-refractivity contribution in [2.75, 3.05) is 25.0 Å². The molecule has 0 bridgehead atoms. The maximum atomic E-state index is 12.1. The number of carbonyl (C=O) groups is 2. The number of rotatable bonds is 4. The molecule has 0 spiro atoms. The molecule has 1 aromatic rings. The van der Waals surface area contributed by atoms with Gasteiger partial charge in [-0.05, 0) is 37.3 Å². The summed E-state index contributed by atoms with van der Waals surface area (Å²) in [6.45, 7) is 8.36. The fraction of sp³-hybridized carbons (Fsp3) is 0.529. The normalized spacial score (nSPS) is 22.8. The zero-order chi connectivity index (χ0) is 15.4. The third kappa shape index (κ3) is 4.67. The maximum Gasteiger partial charge on any atom is 0.238 e. The average Bonchev–Trinajstić information content (AvgIpc) is 2.37. The van der Waals surface area contributed by atoms with Gasteiger partial charge in [-0.3, -0.25) is 14.5 Å². The predicted octanol–water partition coefficient (Wildman–Crippen LogP) is 2.81. The Morgan fingerprint density at radius 2 is 1.90 bits per heavy atom. The van der Waals surface area contributed by atoms with Crippen molar-refractivity contribution in [1.29, 1.82) is 0 Å². The fourth-order valence-electron chi connectivity index (χ4n) is 3.14. The van der Waals surface area contributed by atoms with E-state index in [1.54, 1.807) is 18.2 Å². The summed E-state index contributed by atoms with van der Waals surface area (Å²) >= 11 is 0. The molecule has 0 radical (unpaired) electrons. The van der Waals surface area contributed by atoms with E-state index in [4.69, 9.17) is 0 Å². The van der Waals surface area contributed by atoms with Gasteiger partial charge in [0.25, 0.3) is 0 Å². The van der Waals surface area contributed by atoms with E-state index in [1.165, 1.54) is 13.3 Å². The molecule has 2 rings (SSSR count). The zero-order valence-electron chi connectivity index (χ0n) is 13.1. The number of hydrogen-bond donors (Lipinski definition) is 1. The Morgan fingerprint density at radius 1 is 1.24 bits per heavy atom. The minimum Gasteiger partial charge on any atom is -0.325 e. The van der Waals surface area contributed by atoms with Gasteiger partial charge in [-0.15, -0.1) is 0 Å². The van der Waals surface area contributed by atoms with Crippen molar-refractivity contribution in [3.63, 3.8) is 0 Å². The number of ketones is 1. The third-order valence-electron chi connectivity index (χ3n) is 3.86. The molecule has 1 aromatic carbocycles. The molecule has 1 heterocycles. The largest absolute Gasteiger partial charge is 0.325 e. The van der Waals surface area contributed by atoms with Crippen molar-refractivity contribution in [3.8, 4) is 0 Å². The van der Waals surface area contributed by atoms with E-state index in [0.717, 1.165) is 13.1 Å². The monoisotopic (exact) mass is 288 g/mol. The van der Waals surface area contributed by atoms with E-state index in [2.05, 4.69) is 24.1 Å². The SMILES string of the molecule is CC(=O)c1cccc(NC(=O)CN2C[C@@H](C)C[C@H](C)C2)c1. The zero-order valence-corrected chi connectivity index (χ0v) is 13.1. The van der Waals surface area contributed by atoms with E-state index in [9.17, 15) is 9.59 Å². The van der Waals surface area contributed by atoms with Gasteiger partial charge in [0.1, 0.15) is 0 Å². The highest BCUT2D eigenvalue weighted by molar-refractivity contribution is 5.97. The van der Waals surface area contributed by atoms with Gasteiger partial charge < -0.3 is 5.32 Å². The lowest BCUT2D eigenvalue weighted by atomic mass is 9.92. The summed E-state index contributed by atoms with van der Waals surface area (Å²) in [6.07, 6.45) is 1.23. The fourth-order valence-corrected chi connectivity index (χ4v) is 3.14. The van der Waals surface area contributed by atoms with Crippen molar-refractivity contribution < 1.29 is 9.59 Å². The number of piperidine rings is 1. The van der Waals surface area contributed by atoms with Crippen molar-refractivity contribution >= 4 is 17.4 Å². The Kier molecular flexibility index (Phi) is 5.12. The van der Waals surface area contributed by atoms with Gasteiger partial charge in [0, 0.05) is 24.3 Å². The number of benzene rings is 1. The number of nitrogens with zero attached hydrogens (tertiary/aromatic N) is 1. The Balaban J connectivity index is 1.92. The molecule has 4 nitrogen and oxygen atoms in total. The van der Waals surface area contributed by atoms with E-state index < -0.39 is 0 Å². The van der Waals surface area contributed by atoms with Gasteiger partial charge in [-0.25, -0.2) is 0 Å². The molecule has 0 unspecified atom stereocenters. The van der Waals surface area contributed by atoms with Gasteiger partial charge >= 0.3 is 0 Å².